The van der Waals surface area contributed by atoms with Crippen LogP contribution in [0.15, 0.2) is 42.5 Å². The number of hydrogen-bond acceptors (Lipinski definition) is 4. The first-order chi connectivity index (χ1) is 11.1. The van der Waals surface area contributed by atoms with Crippen molar-refractivity contribution in [2.75, 3.05) is 19.0 Å². The molecule has 0 aliphatic heterocycles. The van der Waals surface area contributed by atoms with E-state index in [2.05, 4.69) is 5.32 Å². The number of nitrogens with one attached hydrogen (secondary N) is 1. The molecule has 2 N–H and O–H groups in total. The fourth-order valence-corrected chi connectivity index (χ4v) is 2.05. The molecule has 0 bridgehead atoms. The topological polar surface area (TPSA) is 67.8 Å². The zero-order valence-corrected chi connectivity index (χ0v) is 13.3. The number of anilines is 1. The Morgan fingerprint density at radius 3 is 2.48 bits per heavy atom. The van der Waals surface area contributed by atoms with Gasteiger partial charge in [-0.1, -0.05) is 6.07 Å². The lowest BCUT2D eigenvalue weighted by Crippen LogP contribution is -2.13. The number of aryl methyl sites for hydroxylation is 1. The van der Waals surface area contributed by atoms with E-state index >= 15 is 0 Å². The summed E-state index contributed by atoms with van der Waals surface area (Å²) in [5.74, 6) is 1.44. The van der Waals surface area contributed by atoms with Gasteiger partial charge in [-0.25, -0.2) is 0 Å². The summed E-state index contributed by atoms with van der Waals surface area (Å²) < 4.78 is 10.6. The van der Waals surface area contributed by atoms with Crippen LogP contribution in [0.3, 0.4) is 0 Å². The number of ether oxygens (including phenoxy) is 2. The second kappa shape index (κ2) is 8.08. The third kappa shape index (κ3) is 5.21. The highest BCUT2D eigenvalue weighted by Gasteiger charge is 2.06. The van der Waals surface area contributed by atoms with Crippen LogP contribution in [0.4, 0.5) is 5.69 Å². The van der Waals surface area contributed by atoms with E-state index in [1.165, 1.54) is 0 Å². The van der Waals surface area contributed by atoms with Crippen LogP contribution >= 0.6 is 0 Å². The normalized spacial score (nSPS) is 10.2. The minimum Gasteiger partial charge on any atom is -0.506 e. The lowest BCUT2D eigenvalue weighted by Gasteiger charge is -2.09. The maximum absolute atomic E-state index is 11.9. The van der Waals surface area contributed by atoms with E-state index in [0.717, 1.165) is 17.1 Å². The number of carbonyl (C=O) groups excluding carboxylic acids is 1. The molecule has 0 saturated heterocycles. The number of aromatic hydroxyl groups is 1. The number of hydrogen-bond donors (Lipinski definition) is 2. The molecular formula is C18H21NO4. The van der Waals surface area contributed by atoms with E-state index in [4.69, 9.17) is 9.47 Å². The van der Waals surface area contributed by atoms with Crippen molar-refractivity contribution in [2.24, 2.45) is 0 Å². The van der Waals surface area contributed by atoms with Gasteiger partial charge < -0.3 is 19.9 Å². The van der Waals surface area contributed by atoms with E-state index in [0.29, 0.717) is 25.1 Å². The highest BCUT2D eigenvalue weighted by atomic mass is 16.5. The fraction of sp³-hybridized carbons (Fsp3) is 0.278. The molecule has 122 valence electrons. The number of phenolic OH excluding ortho intramolecular Hbond substituents is 1. The van der Waals surface area contributed by atoms with Crippen LogP contribution in [0.5, 0.6) is 17.2 Å². The third-order valence-corrected chi connectivity index (χ3v) is 3.30. The predicted molar refractivity (Wildman–Crippen MR) is 89.2 cm³/mol. The summed E-state index contributed by atoms with van der Waals surface area (Å²) in [6, 6.07) is 12.4. The zero-order valence-electron chi connectivity index (χ0n) is 13.3. The van der Waals surface area contributed by atoms with E-state index in [9.17, 15) is 9.90 Å². The molecule has 0 heterocycles. The van der Waals surface area contributed by atoms with Crippen molar-refractivity contribution in [3.63, 3.8) is 0 Å². The molecule has 0 saturated carbocycles. The van der Waals surface area contributed by atoms with Gasteiger partial charge in [0.1, 0.15) is 17.2 Å². The van der Waals surface area contributed by atoms with Gasteiger partial charge in [-0.3, -0.25) is 4.79 Å². The van der Waals surface area contributed by atoms with Gasteiger partial charge >= 0.3 is 0 Å². The lowest BCUT2D eigenvalue weighted by molar-refractivity contribution is -0.116. The van der Waals surface area contributed by atoms with Gasteiger partial charge in [-0.05, 0) is 55.3 Å². The molecule has 23 heavy (non-hydrogen) atoms. The van der Waals surface area contributed by atoms with Gasteiger partial charge in [0.05, 0.1) is 19.4 Å². The molecule has 2 rings (SSSR count). The molecule has 1 amide bonds. The quantitative estimate of drug-likeness (QED) is 0.606. The number of amides is 1. The van der Waals surface area contributed by atoms with Gasteiger partial charge in [0.25, 0.3) is 0 Å². The molecular weight excluding hydrogens is 294 g/mol. The molecule has 0 aliphatic rings. The Kier molecular flexibility index (Phi) is 5.86. The molecule has 0 spiro atoms. The van der Waals surface area contributed by atoms with Gasteiger partial charge in [0, 0.05) is 6.42 Å². The van der Waals surface area contributed by atoms with Crippen molar-refractivity contribution < 1.29 is 19.4 Å². The standard InChI is InChI=1S/C18H21NO4/c1-13-5-10-16(17(20)12-13)19-18(21)4-3-11-23-15-8-6-14(22-2)7-9-15/h5-10,12,20H,3-4,11H2,1-2H3,(H,19,21). The predicted octanol–water partition coefficient (Wildman–Crippen LogP) is 3.51. The summed E-state index contributed by atoms with van der Waals surface area (Å²) in [5.41, 5.74) is 1.37. The number of benzene rings is 2. The Labute approximate surface area is 135 Å². The van der Waals surface area contributed by atoms with Gasteiger partial charge in [-0.15, -0.1) is 0 Å². The maximum Gasteiger partial charge on any atom is 0.224 e. The molecule has 2 aromatic carbocycles. The monoisotopic (exact) mass is 315 g/mol. The van der Waals surface area contributed by atoms with Crippen LogP contribution in [0.2, 0.25) is 0 Å². The van der Waals surface area contributed by atoms with E-state index in [1.54, 1.807) is 19.2 Å². The molecule has 2 aromatic rings. The molecule has 0 fully saturated rings. The fourth-order valence-electron chi connectivity index (χ4n) is 2.05. The summed E-state index contributed by atoms with van der Waals surface area (Å²) in [7, 11) is 1.61. The van der Waals surface area contributed by atoms with Crippen LogP contribution in [-0.2, 0) is 4.79 Å². The maximum atomic E-state index is 11.9. The molecule has 5 nitrogen and oxygen atoms in total. The minimum absolute atomic E-state index is 0.0767. The van der Waals surface area contributed by atoms with Crippen LogP contribution in [0.25, 0.3) is 0 Å². The van der Waals surface area contributed by atoms with Crippen molar-refractivity contribution in [1.29, 1.82) is 0 Å². The van der Waals surface area contributed by atoms with Gasteiger partial charge in [0.2, 0.25) is 5.91 Å². The summed E-state index contributed by atoms with van der Waals surface area (Å²) >= 11 is 0. The van der Waals surface area contributed by atoms with E-state index in [1.807, 2.05) is 37.3 Å². The highest BCUT2D eigenvalue weighted by Crippen LogP contribution is 2.24. The second-order valence-corrected chi connectivity index (χ2v) is 5.20. The van der Waals surface area contributed by atoms with Gasteiger partial charge in [-0.2, -0.15) is 0 Å². The molecule has 5 heteroatoms. The first-order valence-corrected chi connectivity index (χ1v) is 7.45. The SMILES string of the molecule is COc1ccc(OCCCC(=O)Nc2ccc(C)cc2O)cc1. The third-order valence-electron chi connectivity index (χ3n) is 3.30. The smallest absolute Gasteiger partial charge is 0.224 e. The second-order valence-electron chi connectivity index (χ2n) is 5.20. The van der Waals surface area contributed by atoms with Gasteiger partial charge in [0.15, 0.2) is 0 Å². The molecule has 0 aromatic heterocycles. The number of methoxy groups -OCH3 is 1. The van der Waals surface area contributed by atoms with Crippen molar-refractivity contribution in [3.05, 3.63) is 48.0 Å². The van der Waals surface area contributed by atoms with Crippen molar-refractivity contribution in [1.82, 2.24) is 0 Å². The Balaban J connectivity index is 1.72. The minimum atomic E-state index is -0.150. The van der Waals surface area contributed by atoms with Crippen molar-refractivity contribution in [3.8, 4) is 17.2 Å². The average molecular weight is 315 g/mol. The average Bonchev–Trinajstić information content (AvgIpc) is 2.55. The summed E-state index contributed by atoms with van der Waals surface area (Å²) in [5, 5.41) is 12.4. The summed E-state index contributed by atoms with van der Waals surface area (Å²) in [6.07, 6.45) is 0.911. The summed E-state index contributed by atoms with van der Waals surface area (Å²) in [6.45, 7) is 2.32. The number of rotatable bonds is 7. The number of carbonyl (C=O) groups is 1. The Hall–Kier alpha value is -2.69. The molecule has 0 radical (unpaired) electrons. The number of phenols is 1. The van der Waals surface area contributed by atoms with Crippen LogP contribution in [-0.4, -0.2) is 24.7 Å². The first-order valence-electron chi connectivity index (χ1n) is 7.45. The molecule has 0 atom stereocenters. The zero-order chi connectivity index (χ0) is 16.7. The van der Waals surface area contributed by atoms with Crippen LogP contribution in [0, 0.1) is 6.92 Å². The summed E-state index contributed by atoms with van der Waals surface area (Å²) in [4.78, 5) is 11.9. The van der Waals surface area contributed by atoms with Crippen LogP contribution < -0.4 is 14.8 Å². The van der Waals surface area contributed by atoms with Crippen molar-refractivity contribution >= 4 is 11.6 Å². The Morgan fingerprint density at radius 2 is 1.83 bits per heavy atom. The molecule has 0 unspecified atom stereocenters. The van der Waals surface area contributed by atoms with E-state index < -0.39 is 0 Å². The first kappa shape index (κ1) is 16.7. The Bertz CT molecular complexity index is 653. The molecule has 0 aliphatic carbocycles. The van der Waals surface area contributed by atoms with Crippen molar-refractivity contribution in [2.45, 2.75) is 19.8 Å². The Morgan fingerprint density at radius 1 is 1.13 bits per heavy atom. The van der Waals surface area contributed by atoms with E-state index in [-0.39, 0.29) is 11.7 Å². The highest BCUT2D eigenvalue weighted by molar-refractivity contribution is 5.92. The van der Waals surface area contributed by atoms with Crippen LogP contribution in [0.1, 0.15) is 18.4 Å². The largest absolute Gasteiger partial charge is 0.506 e. The lowest BCUT2D eigenvalue weighted by atomic mass is 10.2.